The van der Waals surface area contributed by atoms with Crippen molar-refractivity contribution in [2.75, 3.05) is 26.6 Å². The van der Waals surface area contributed by atoms with Gasteiger partial charge in [-0.2, -0.15) is 0 Å². The second kappa shape index (κ2) is 11.7. The minimum atomic E-state index is -0.574. The fraction of sp³-hybridized carbons (Fsp3) is 0.406. The molecule has 9 heteroatoms. The van der Waals surface area contributed by atoms with Crippen molar-refractivity contribution in [1.82, 2.24) is 15.3 Å². The van der Waals surface area contributed by atoms with Crippen molar-refractivity contribution in [3.05, 3.63) is 60.3 Å². The number of carbonyl (C=O) groups is 1. The predicted molar refractivity (Wildman–Crippen MR) is 160 cm³/mol. The van der Waals surface area contributed by atoms with Gasteiger partial charge in [0.2, 0.25) is 5.95 Å². The third-order valence-corrected chi connectivity index (χ3v) is 7.48. The first-order valence-electron chi connectivity index (χ1n) is 13.9. The number of fused-ring (bicyclic) bond motifs is 1. The number of aromatic nitrogens is 2. The van der Waals surface area contributed by atoms with Gasteiger partial charge in [-0.1, -0.05) is 18.2 Å². The van der Waals surface area contributed by atoms with Crippen LogP contribution in [0.25, 0.3) is 22.0 Å². The van der Waals surface area contributed by atoms with E-state index < -0.39 is 11.7 Å². The summed E-state index contributed by atoms with van der Waals surface area (Å²) >= 11 is 0. The Morgan fingerprint density at radius 3 is 2.29 bits per heavy atom. The van der Waals surface area contributed by atoms with E-state index >= 15 is 0 Å². The van der Waals surface area contributed by atoms with Crippen molar-refractivity contribution in [3.63, 3.8) is 0 Å². The third kappa shape index (κ3) is 6.56. The van der Waals surface area contributed by atoms with E-state index in [1.807, 2.05) is 51.1 Å². The first-order chi connectivity index (χ1) is 19.6. The van der Waals surface area contributed by atoms with Crippen LogP contribution in [0, 0.1) is 5.92 Å². The number of nitrogens with one attached hydrogen (secondary N) is 2. The van der Waals surface area contributed by atoms with E-state index in [1.54, 1.807) is 27.5 Å². The van der Waals surface area contributed by atoms with Crippen LogP contribution in [-0.4, -0.2) is 55.1 Å². The Labute approximate surface area is 241 Å². The maximum absolute atomic E-state index is 12.7. The van der Waals surface area contributed by atoms with Gasteiger partial charge in [0.15, 0.2) is 0 Å². The maximum Gasteiger partial charge on any atom is 0.407 e. The fourth-order valence-electron chi connectivity index (χ4n) is 5.40. The lowest BCUT2D eigenvalue weighted by Gasteiger charge is -2.38. The quantitative estimate of drug-likeness (QED) is 0.332. The number of ether oxygens (including phenoxy) is 4. The number of methoxy groups -OCH3 is 3. The summed E-state index contributed by atoms with van der Waals surface area (Å²) in [6.45, 7) is 5.59. The molecule has 2 aromatic carbocycles. The SMILES string of the molecule is COc1cc(OC)cc(-c2cc3cnc(NC4CCC(C5=CC=C5)CC4NC(=O)OC(C)(C)C)nc3cc2OC)c1. The maximum atomic E-state index is 12.7. The molecule has 0 aliphatic heterocycles. The van der Waals surface area contributed by atoms with Gasteiger partial charge in [-0.15, -0.1) is 0 Å². The van der Waals surface area contributed by atoms with E-state index in [1.165, 1.54) is 5.57 Å². The average Bonchev–Trinajstić information content (AvgIpc) is 2.91. The second-order valence-electron chi connectivity index (χ2n) is 11.4. The smallest absolute Gasteiger partial charge is 0.407 e. The van der Waals surface area contributed by atoms with Gasteiger partial charge in [0, 0.05) is 35.3 Å². The topological polar surface area (TPSA) is 104 Å². The first kappa shape index (κ1) is 28.3. The Hall–Kier alpha value is -4.27. The summed E-state index contributed by atoms with van der Waals surface area (Å²) in [7, 11) is 4.89. The Balaban J connectivity index is 1.40. The molecule has 5 rings (SSSR count). The molecule has 0 radical (unpaired) electrons. The molecule has 3 aromatic rings. The highest BCUT2D eigenvalue weighted by Gasteiger charge is 2.34. The van der Waals surface area contributed by atoms with Crippen LogP contribution in [0.4, 0.5) is 10.7 Å². The Kier molecular flexibility index (Phi) is 8.06. The van der Waals surface area contributed by atoms with Gasteiger partial charge < -0.3 is 29.6 Å². The van der Waals surface area contributed by atoms with Crippen LogP contribution in [-0.2, 0) is 4.74 Å². The fourth-order valence-corrected chi connectivity index (χ4v) is 5.40. The number of amides is 1. The zero-order chi connectivity index (χ0) is 29.1. The molecular weight excluding hydrogens is 520 g/mol. The van der Waals surface area contributed by atoms with Crippen LogP contribution in [0.1, 0.15) is 40.0 Å². The molecule has 3 atom stereocenters. The molecule has 3 unspecified atom stereocenters. The minimum Gasteiger partial charge on any atom is -0.497 e. The minimum absolute atomic E-state index is 0.0497. The van der Waals surface area contributed by atoms with E-state index in [4.69, 9.17) is 23.9 Å². The zero-order valence-corrected chi connectivity index (χ0v) is 24.5. The molecule has 9 nitrogen and oxygen atoms in total. The molecular formula is C32H38N4O5. The third-order valence-electron chi connectivity index (χ3n) is 7.48. The van der Waals surface area contributed by atoms with E-state index in [-0.39, 0.29) is 12.1 Å². The molecule has 0 bridgehead atoms. The van der Waals surface area contributed by atoms with Crippen molar-refractivity contribution >= 4 is 22.9 Å². The molecule has 0 saturated heterocycles. The lowest BCUT2D eigenvalue weighted by atomic mass is 9.76. The highest BCUT2D eigenvalue weighted by molar-refractivity contribution is 5.89. The van der Waals surface area contributed by atoms with Gasteiger partial charge in [-0.25, -0.2) is 14.8 Å². The highest BCUT2D eigenvalue weighted by atomic mass is 16.6. The molecule has 1 amide bonds. The lowest BCUT2D eigenvalue weighted by Crippen LogP contribution is -2.51. The molecule has 1 saturated carbocycles. The van der Waals surface area contributed by atoms with Crippen molar-refractivity contribution in [2.24, 2.45) is 5.92 Å². The van der Waals surface area contributed by atoms with Crippen molar-refractivity contribution < 1.29 is 23.7 Å². The van der Waals surface area contributed by atoms with Crippen LogP contribution in [0.3, 0.4) is 0 Å². The summed E-state index contributed by atoms with van der Waals surface area (Å²) in [5.41, 5.74) is 3.27. The van der Waals surface area contributed by atoms with Crippen LogP contribution in [0.2, 0.25) is 0 Å². The van der Waals surface area contributed by atoms with Crippen molar-refractivity contribution in [3.8, 4) is 28.4 Å². The summed E-state index contributed by atoms with van der Waals surface area (Å²) in [6, 6.07) is 9.43. The number of benzene rings is 2. The van der Waals surface area contributed by atoms with E-state index in [9.17, 15) is 4.79 Å². The molecule has 2 aliphatic carbocycles. The van der Waals surface area contributed by atoms with Crippen LogP contribution in [0.15, 0.2) is 60.3 Å². The van der Waals surface area contributed by atoms with Crippen molar-refractivity contribution in [2.45, 2.75) is 57.7 Å². The van der Waals surface area contributed by atoms with Gasteiger partial charge in [0.25, 0.3) is 0 Å². The number of nitrogens with zero attached hydrogens (tertiary/aromatic N) is 2. The van der Waals surface area contributed by atoms with Gasteiger partial charge in [-0.3, -0.25) is 0 Å². The van der Waals surface area contributed by atoms with Gasteiger partial charge in [-0.05, 0) is 75.3 Å². The monoisotopic (exact) mass is 558 g/mol. The van der Waals surface area contributed by atoms with E-state index in [0.29, 0.717) is 29.1 Å². The molecule has 216 valence electrons. The van der Waals surface area contributed by atoms with E-state index in [2.05, 4.69) is 33.8 Å². The number of allylic oxidation sites excluding steroid dienone is 4. The predicted octanol–water partition coefficient (Wildman–Crippen LogP) is 6.29. The normalized spacial score (nSPS) is 20.0. The molecule has 41 heavy (non-hydrogen) atoms. The largest absolute Gasteiger partial charge is 0.497 e. The van der Waals surface area contributed by atoms with Gasteiger partial charge >= 0.3 is 6.09 Å². The van der Waals surface area contributed by atoms with Crippen LogP contribution >= 0.6 is 0 Å². The Bertz CT molecular complexity index is 1470. The highest BCUT2D eigenvalue weighted by Crippen LogP contribution is 2.38. The summed E-state index contributed by atoms with van der Waals surface area (Å²) in [5.74, 6) is 2.94. The number of hydrogen-bond acceptors (Lipinski definition) is 8. The van der Waals surface area contributed by atoms with Crippen molar-refractivity contribution in [1.29, 1.82) is 0 Å². The van der Waals surface area contributed by atoms with Gasteiger partial charge in [0.1, 0.15) is 22.8 Å². The second-order valence-corrected chi connectivity index (χ2v) is 11.4. The van der Waals surface area contributed by atoms with Crippen LogP contribution < -0.4 is 24.8 Å². The lowest BCUT2D eigenvalue weighted by molar-refractivity contribution is 0.0482. The summed E-state index contributed by atoms with van der Waals surface area (Å²) in [6.07, 6.45) is 10.4. The van der Waals surface area contributed by atoms with E-state index in [0.717, 1.165) is 41.3 Å². The molecule has 1 aromatic heterocycles. The summed E-state index contributed by atoms with van der Waals surface area (Å²) in [4.78, 5) is 22.2. The molecule has 1 fully saturated rings. The number of alkyl carbamates (subject to hydrolysis) is 1. The van der Waals surface area contributed by atoms with Gasteiger partial charge in [0.05, 0.1) is 32.9 Å². The Morgan fingerprint density at radius 2 is 1.68 bits per heavy atom. The number of hydrogen-bond donors (Lipinski definition) is 2. The molecule has 1 heterocycles. The summed E-state index contributed by atoms with van der Waals surface area (Å²) in [5, 5.41) is 7.47. The summed E-state index contributed by atoms with van der Waals surface area (Å²) < 4.78 is 22.2. The zero-order valence-electron chi connectivity index (χ0n) is 24.5. The number of rotatable bonds is 8. The molecule has 2 N–H and O–H groups in total. The Morgan fingerprint density at radius 1 is 0.951 bits per heavy atom. The average molecular weight is 559 g/mol. The molecule has 2 aliphatic rings. The number of anilines is 1. The van der Waals surface area contributed by atoms with Crippen LogP contribution in [0.5, 0.6) is 17.2 Å². The first-order valence-corrected chi connectivity index (χ1v) is 13.9. The molecule has 0 spiro atoms. The standard InChI is InChI=1S/C32H38N4O5/c1-32(2,3)41-31(37)36-28-15-20(19-8-7-9-19)10-11-26(28)34-30-33-18-22-14-25(29(40-6)17-27(22)35-30)21-12-23(38-4)16-24(13-21)39-5/h7-9,12-14,16-18,20,26,28H,10-11,15H2,1-6H3,(H,36,37)(H,33,34,35). The number of carbonyl (C=O) groups excluding carboxylic acids is 1.